The Balaban J connectivity index is 2.47. The minimum absolute atomic E-state index is 0.0237. The maximum Gasteiger partial charge on any atom is 0.273 e. The lowest BCUT2D eigenvalue weighted by molar-refractivity contribution is -0.385. The van der Waals surface area contributed by atoms with Crippen LogP contribution < -0.4 is 4.74 Å². The maximum absolute atomic E-state index is 11.9. The SMILES string of the molecule is COc1ccc([N+](=O)[O-])c(C2CCN(C)C2=O)c1. The second kappa shape index (κ2) is 4.64. The fourth-order valence-corrected chi connectivity index (χ4v) is 2.22. The van der Waals surface area contributed by atoms with Gasteiger partial charge in [-0.05, 0) is 18.6 Å². The first kappa shape index (κ1) is 12.3. The number of nitrogens with zero attached hydrogens (tertiary/aromatic N) is 2. The molecule has 0 saturated carbocycles. The van der Waals surface area contributed by atoms with E-state index in [2.05, 4.69) is 0 Å². The first-order valence-electron chi connectivity index (χ1n) is 5.62. The molecule has 18 heavy (non-hydrogen) atoms. The third kappa shape index (κ3) is 2.01. The van der Waals surface area contributed by atoms with Crippen LogP contribution in [-0.2, 0) is 4.79 Å². The number of likely N-dealkylation sites (tertiary alicyclic amines) is 1. The van der Waals surface area contributed by atoms with E-state index < -0.39 is 10.8 Å². The van der Waals surface area contributed by atoms with E-state index in [4.69, 9.17) is 4.74 Å². The topological polar surface area (TPSA) is 72.7 Å². The summed E-state index contributed by atoms with van der Waals surface area (Å²) in [7, 11) is 3.20. The molecular formula is C12H14N2O4. The average molecular weight is 250 g/mol. The molecule has 1 amide bonds. The van der Waals surface area contributed by atoms with E-state index >= 15 is 0 Å². The Morgan fingerprint density at radius 1 is 1.50 bits per heavy atom. The van der Waals surface area contributed by atoms with Crippen molar-refractivity contribution in [1.29, 1.82) is 0 Å². The third-order valence-corrected chi connectivity index (χ3v) is 3.23. The number of likely N-dealkylation sites (N-methyl/N-ethyl adjacent to an activating group) is 1. The van der Waals surface area contributed by atoms with E-state index in [1.165, 1.54) is 19.2 Å². The zero-order valence-corrected chi connectivity index (χ0v) is 10.3. The molecule has 0 aliphatic carbocycles. The largest absolute Gasteiger partial charge is 0.497 e. The van der Waals surface area contributed by atoms with Gasteiger partial charge in [0, 0.05) is 25.2 Å². The first-order valence-corrected chi connectivity index (χ1v) is 5.62. The number of methoxy groups -OCH3 is 1. The van der Waals surface area contributed by atoms with Gasteiger partial charge < -0.3 is 9.64 Å². The number of hydrogen-bond donors (Lipinski definition) is 0. The molecule has 2 rings (SSSR count). The summed E-state index contributed by atoms with van der Waals surface area (Å²) in [6.07, 6.45) is 0.601. The molecule has 96 valence electrons. The molecule has 6 nitrogen and oxygen atoms in total. The molecule has 1 unspecified atom stereocenters. The van der Waals surface area contributed by atoms with Gasteiger partial charge in [-0.1, -0.05) is 0 Å². The summed E-state index contributed by atoms with van der Waals surface area (Å²) < 4.78 is 5.06. The molecule has 1 aromatic carbocycles. The van der Waals surface area contributed by atoms with Gasteiger partial charge in [0.25, 0.3) is 5.69 Å². The van der Waals surface area contributed by atoms with Crippen LogP contribution >= 0.6 is 0 Å². The quantitative estimate of drug-likeness (QED) is 0.602. The van der Waals surface area contributed by atoms with E-state index in [0.29, 0.717) is 24.3 Å². The van der Waals surface area contributed by atoms with Crippen molar-refractivity contribution in [2.24, 2.45) is 0 Å². The van der Waals surface area contributed by atoms with Crippen LogP contribution in [0.2, 0.25) is 0 Å². The van der Waals surface area contributed by atoms with Crippen LogP contribution in [0, 0.1) is 10.1 Å². The third-order valence-electron chi connectivity index (χ3n) is 3.23. The molecule has 1 fully saturated rings. The molecular weight excluding hydrogens is 236 g/mol. The number of carbonyl (C=O) groups excluding carboxylic acids is 1. The van der Waals surface area contributed by atoms with Crippen molar-refractivity contribution in [2.75, 3.05) is 20.7 Å². The normalized spacial score (nSPS) is 19.1. The standard InChI is InChI=1S/C12H14N2O4/c1-13-6-5-9(12(13)15)10-7-8(18-2)3-4-11(10)14(16)17/h3-4,7,9H,5-6H2,1-2H3. The summed E-state index contributed by atoms with van der Waals surface area (Å²) in [5.41, 5.74) is 0.415. The van der Waals surface area contributed by atoms with Crippen molar-refractivity contribution < 1.29 is 14.5 Å². The van der Waals surface area contributed by atoms with Crippen molar-refractivity contribution in [1.82, 2.24) is 4.90 Å². The van der Waals surface area contributed by atoms with Crippen molar-refractivity contribution in [2.45, 2.75) is 12.3 Å². The van der Waals surface area contributed by atoms with Crippen LogP contribution in [-0.4, -0.2) is 36.4 Å². The van der Waals surface area contributed by atoms with Gasteiger partial charge in [0.15, 0.2) is 0 Å². The highest BCUT2D eigenvalue weighted by molar-refractivity contribution is 5.86. The minimum atomic E-state index is -0.458. The summed E-state index contributed by atoms with van der Waals surface area (Å²) in [5.74, 6) is 0.00908. The van der Waals surface area contributed by atoms with Crippen LogP contribution in [0.25, 0.3) is 0 Å². The van der Waals surface area contributed by atoms with E-state index in [1.54, 1.807) is 18.0 Å². The molecule has 1 saturated heterocycles. The van der Waals surface area contributed by atoms with E-state index in [-0.39, 0.29) is 11.6 Å². The average Bonchev–Trinajstić information content (AvgIpc) is 2.69. The van der Waals surface area contributed by atoms with Crippen LogP contribution in [0.3, 0.4) is 0 Å². The number of benzene rings is 1. The summed E-state index contributed by atoms with van der Waals surface area (Å²) in [5, 5.41) is 11.0. The Bertz CT molecular complexity index is 501. The number of nitro benzene ring substituents is 1. The van der Waals surface area contributed by atoms with Gasteiger partial charge in [0.05, 0.1) is 18.0 Å². The van der Waals surface area contributed by atoms with Gasteiger partial charge in [-0.2, -0.15) is 0 Å². The number of nitro groups is 1. The summed E-state index contributed by atoms with van der Waals surface area (Å²) in [6, 6.07) is 4.50. The number of amides is 1. The molecule has 1 aromatic rings. The summed E-state index contributed by atoms with van der Waals surface area (Å²) >= 11 is 0. The monoisotopic (exact) mass is 250 g/mol. The number of rotatable bonds is 3. The van der Waals surface area contributed by atoms with Crippen molar-refractivity contribution in [3.8, 4) is 5.75 Å². The van der Waals surface area contributed by atoms with Gasteiger partial charge in [-0.15, -0.1) is 0 Å². The minimum Gasteiger partial charge on any atom is -0.497 e. The van der Waals surface area contributed by atoms with Crippen molar-refractivity contribution in [3.05, 3.63) is 33.9 Å². The van der Waals surface area contributed by atoms with E-state index in [1.807, 2.05) is 0 Å². The van der Waals surface area contributed by atoms with E-state index in [9.17, 15) is 14.9 Å². The van der Waals surface area contributed by atoms with Crippen LogP contribution in [0.4, 0.5) is 5.69 Å². The van der Waals surface area contributed by atoms with Gasteiger partial charge in [-0.3, -0.25) is 14.9 Å². The molecule has 0 bridgehead atoms. The summed E-state index contributed by atoms with van der Waals surface area (Å²) in [4.78, 5) is 24.1. The number of carbonyl (C=O) groups is 1. The molecule has 1 aliphatic heterocycles. The van der Waals surface area contributed by atoms with Crippen molar-refractivity contribution in [3.63, 3.8) is 0 Å². The van der Waals surface area contributed by atoms with Gasteiger partial charge in [-0.25, -0.2) is 0 Å². The molecule has 1 heterocycles. The Hall–Kier alpha value is -2.11. The zero-order chi connectivity index (χ0) is 13.3. The predicted molar refractivity (Wildman–Crippen MR) is 64.6 cm³/mol. The molecule has 0 radical (unpaired) electrons. The Labute approximate surface area is 104 Å². The number of ether oxygens (including phenoxy) is 1. The van der Waals surface area contributed by atoms with Crippen molar-refractivity contribution >= 4 is 11.6 Å². The lowest BCUT2D eigenvalue weighted by Crippen LogP contribution is -2.22. The Morgan fingerprint density at radius 3 is 2.72 bits per heavy atom. The molecule has 0 N–H and O–H groups in total. The maximum atomic E-state index is 11.9. The van der Waals surface area contributed by atoms with Gasteiger partial charge in [0.1, 0.15) is 5.75 Å². The predicted octanol–water partition coefficient (Wildman–Crippen LogP) is 1.55. The highest BCUT2D eigenvalue weighted by Crippen LogP contribution is 2.36. The van der Waals surface area contributed by atoms with Crippen LogP contribution in [0.1, 0.15) is 17.9 Å². The fourth-order valence-electron chi connectivity index (χ4n) is 2.22. The molecule has 6 heteroatoms. The van der Waals surface area contributed by atoms with Gasteiger partial charge >= 0.3 is 0 Å². The van der Waals surface area contributed by atoms with Crippen LogP contribution in [0.5, 0.6) is 5.75 Å². The molecule has 1 aliphatic rings. The fraction of sp³-hybridized carbons (Fsp3) is 0.417. The highest BCUT2D eigenvalue weighted by Gasteiger charge is 2.35. The smallest absolute Gasteiger partial charge is 0.273 e. The molecule has 1 atom stereocenters. The number of hydrogen-bond acceptors (Lipinski definition) is 4. The zero-order valence-electron chi connectivity index (χ0n) is 10.3. The summed E-state index contributed by atoms with van der Waals surface area (Å²) in [6.45, 7) is 0.623. The Kier molecular flexibility index (Phi) is 3.18. The Morgan fingerprint density at radius 2 is 2.22 bits per heavy atom. The molecule has 0 spiro atoms. The van der Waals surface area contributed by atoms with Gasteiger partial charge in [0.2, 0.25) is 5.91 Å². The van der Waals surface area contributed by atoms with Crippen LogP contribution in [0.15, 0.2) is 18.2 Å². The lowest BCUT2D eigenvalue weighted by Gasteiger charge is -2.12. The first-order chi connectivity index (χ1) is 8.54. The highest BCUT2D eigenvalue weighted by atomic mass is 16.6. The second-order valence-electron chi connectivity index (χ2n) is 4.28. The second-order valence-corrected chi connectivity index (χ2v) is 4.28. The van der Waals surface area contributed by atoms with E-state index in [0.717, 1.165) is 0 Å². The molecule has 0 aromatic heterocycles. The lowest BCUT2D eigenvalue weighted by atomic mass is 9.95.